The first-order valence-electron chi connectivity index (χ1n) is 12.1. The van der Waals surface area contributed by atoms with E-state index in [0.29, 0.717) is 30.3 Å². The van der Waals surface area contributed by atoms with Crippen LogP contribution in [0, 0.1) is 12.8 Å². The number of aryl methyl sites for hydroxylation is 1. The normalized spacial score (nSPS) is 11.5. The van der Waals surface area contributed by atoms with Crippen molar-refractivity contribution in [1.29, 1.82) is 0 Å². The van der Waals surface area contributed by atoms with E-state index in [1.807, 2.05) is 54.9 Å². The number of benzene rings is 3. The summed E-state index contributed by atoms with van der Waals surface area (Å²) in [4.78, 5) is 25.2. The number of carbonyl (C=O) groups excluding carboxylic acids is 2. The number of sulfonamides is 1. The molecule has 8 nitrogen and oxygen atoms in total. The summed E-state index contributed by atoms with van der Waals surface area (Å²) in [5.41, 5.74) is 3.29. The molecule has 0 saturated heterocycles. The van der Waals surface area contributed by atoms with Crippen molar-refractivity contribution in [2.24, 2.45) is 5.92 Å². The fraction of sp³-hybridized carbons (Fsp3) is 0.214. The molecule has 0 aliphatic heterocycles. The Balaban J connectivity index is 1.50. The van der Waals surface area contributed by atoms with Gasteiger partial charge in [-0.1, -0.05) is 57.0 Å². The number of hydrogen-bond donors (Lipinski definition) is 3. The van der Waals surface area contributed by atoms with Crippen molar-refractivity contribution in [3.63, 3.8) is 0 Å². The molecule has 0 saturated carbocycles. The van der Waals surface area contributed by atoms with E-state index in [-0.39, 0.29) is 16.5 Å². The second-order valence-electron chi connectivity index (χ2n) is 9.48. The molecule has 0 unspecified atom stereocenters. The van der Waals surface area contributed by atoms with E-state index in [4.69, 9.17) is 0 Å². The molecule has 3 aromatic carbocycles. The molecular weight excluding hydrogens is 520 g/mol. The van der Waals surface area contributed by atoms with Gasteiger partial charge in [0.2, 0.25) is 0 Å². The van der Waals surface area contributed by atoms with Gasteiger partial charge in [0, 0.05) is 35.8 Å². The Hall–Kier alpha value is -3.76. The van der Waals surface area contributed by atoms with Gasteiger partial charge in [-0.15, -0.1) is 0 Å². The Labute approximate surface area is 228 Å². The van der Waals surface area contributed by atoms with E-state index < -0.39 is 15.9 Å². The molecule has 4 rings (SSSR count). The van der Waals surface area contributed by atoms with Crippen molar-refractivity contribution in [2.45, 2.75) is 32.2 Å². The van der Waals surface area contributed by atoms with E-state index in [1.165, 1.54) is 10.4 Å². The molecule has 198 valence electrons. The van der Waals surface area contributed by atoms with Crippen LogP contribution in [0.5, 0.6) is 0 Å². The van der Waals surface area contributed by atoms with Crippen LogP contribution in [0.4, 0.5) is 10.5 Å². The maximum Gasteiger partial charge on any atom is 0.331 e. The van der Waals surface area contributed by atoms with Crippen LogP contribution < -0.4 is 14.3 Å². The number of anilines is 1. The molecule has 0 fully saturated rings. The number of fused-ring (bicyclic) bond motifs is 1. The van der Waals surface area contributed by atoms with Gasteiger partial charge >= 0.3 is 6.03 Å². The SMILES string of the molecule is Cc1ccccc1S(=O)(=O)NC(=O)c1ccc2c(ccn2Cc2cccc(N(S)C(=O)NCC(C)C)c2)c1. The van der Waals surface area contributed by atoms with Gasteiger partial charge in [0.25, 0.3) is 15.9 Å². The third-order valence-electron chi connectivity index (χ3n) is 6.01. The van der Waals surface area contributed by atoms with Gasteiger partial charge in [0.1, 0.15) is 0 Å². The number of nitrogens with one attached hydrogen (secondary N) is 2. The van der Waals surface area contributed by atoms with Crippen LogP contribution in [0.15, 0.2) is 83.9 Å². The summed E-state index contributed by atoms with van der Waals surface area (Å²) in [6.07, 6.45) is 1.90. The number of amides is 3. The van der Waals surface area contributed by atoms with E-state index in [0.717, 1.165) is 16.5 Å². The first kappa shape index (κ1) is 27.3. The molecule has 0 atom stereocenters. The Bertz CT molecular complexity index is 1600. The number of thiol groups is 1. The first-order chi connectivity index (χ1) is 18.0. The summed E-state index contributed by atoms with van der Waals surface area (Å²) in [6.45, 7) is 6.81. The van der Waals surface area contributed by atoms with Gasteiger partial charge in [0.05, 0.1) is 10.6 Å². The lowest BCUT2D eigenvalue weighted by atomic mass is 10.1. The van der Waals surface area contributed by atoms with Gasteiger partial charge in [0.15, 0.2) is 0 Å². The molecule has 38 heavy (non-hydrogen) atoms. The van der Waals surface area contributed by atoms with Crippen molar-refractivity contribution < 1.29 is 18.0 Å². The summed E-state index contributed by atoms with van der Waals surface area (Å²) in [6, 6.07) is 20.7. The van der Waals surface area contributed by atoms with E-state index >= 15 is 0 Å². The number of aromatic nitrogens is 1. The maximum atomic E-state index is 12.8. The Morgan fingerprint density at radius 2 is 1.76 bits per heavy atom. The number of hydrogen-bond acceptors (Lipinski definition) is 5. The summed E-state index contributed by atoms with van der Waals surface area (Å²) < 4.78 is 30.9. The second-order valence-corrected chi connectivity index (χ2v) is 11.5. The van der Waals surface area contributed by atoms with Gasteiger partial charge < -0.3 is 9.88 Å². The molecule has 1 aromatic heterocycles. The van der Waals surface area contributed by atoms with E-state index in [1.54, 1.807) is 43.3 Å². The summed E-state index contributed by atoms with van der Waals surface area (Å²) in [7, 11) is -4.00. The third-order valence-corrected chi connectivity index (χ3v) is 7.91. The molecular formula is C28H30N4O4S2. The van der Waals surface area contributed by atoms with Crippen LogP contribution >= 0.6 is 12.8 Å². The molecule has 10 heteroatoms. The topological polar surface area (TPSA) is 101 Å². The third kappa shape index (κ3) is 6.20. The van der Waals surface area contributed by atoms with Crippen molar-refractivity contribution in [1.82, 2.24) is 14.6 Å². The van der Waals surface area contributed by atoms with Crippen LogP contribution in [0.2, 0.25) is 0 Å². The van der Waals surface area contributed by atoms with Gasteiger partial charge in [-0.3, -0.25) is 4.79 Å². The lowest BCUT2D eigenvalue weighted by molar-refractivity contribution is 0.0981. The van der Waals surface area contributed by atoms with E-state index in [9.17, 15) is 18.0 Å². The fourth-order valence-corrected chi connectivity index (χ4v) is 5.46. The lowest BCUT2D eigenvalue weighted by Crippen LogP contribution is -2.36. The highest BCUT2D eigenvalue weighted by Crippen LogP contribution is 2.23. The Morgan fingerprint density at radius 3 is 2.50 bits per heavy atom. The zero-order chi connectivity index (χ0) is 27.4. The predicted octanol–water partition coefficient (Wildman–Crippen LogP) is 5.13. The smallest absolute Gasteiger partial charge is 0.331 e. The average molecular weight is 551 g/mol. The molecule has 4 aromatic rings. The molecule has 0 radical (unpaired) electrons. The van der Waals surface area contributed by atoms with Crippen LogP contribution in [0.3, 0.4) is 0 Å². The molecule has 0 bridgehead atoms. The van der Waals surface area contributed by atoms with Gasteiger partial charge in [-0.2, -0.15) is 0 Å². The molecule has 1 heterocycles. The van der Waals surface area contributed by atoms with Crippen molar-refractivity contribution in [3.8, 4) is 0 Å². The van der Waals surface area contributed by atoms with Crippen molar-refractivity contribution in [2.75, 3.05) is 10.8 Å². The molecule has 0 spiro atoms. The minimum absolute atomic E-state index is 0.0694. The van der Waals surface area contributed by atoms with Gasteiger partial charge in [-0.25, -0.2) is 22.2 Å². The minimum Gasteiger partial charge on any atom is -0.343 e. The maximum absolute atomic E-state index is 12.8. The summed E-state index contributed by atoms with van der Waals surface area (Å²) in [5.74, 6) is -0.363. The predicted molar refractivity (Wildman–Crippen MR) is 153 cm³/mol. The highest BCUT2D eigenvalue weighted by molar-refractivity contribution is 7.90. The van der Waals surface area contributed by atoms with Crippen LogP contribution in [-0.4, -0.2) is 31.5 Å². The summed E-state index contributed by atoms with van der Waals surface area (Å²) in [5, 5.41) is 3.64. The monoisotopic (exact) mass is 550 g/mol. The van der Waals surface area contributed by atoms with Crippen molar-refractivity contribution in [3.05, 3.63) is 95.7 Å². The highest BCUT2D eigenvalue weighted by atomic mass is 32.2. The van der Waals surface area contributed by atoms with Crippen LogP contribution in [0.25, 0.3) is 10.9 Å². The van der Waals surface area contributed by atoms with Crippen LogP contribution in [-0.2, 0) is 16.6 Å². The number of nitrogens with zero attached hydrogens (tertiary/aromatic N) is 2. The Morgan fingerprint density at radius 1 is 1.00 bits per heavy atom. The first-order valence-corrected chi connectivity index (χ1v) is 14.0. The largest absolute Gasteiger partial charge is 0.343 e. The minimum atomic E-state index is -4.00. The molecule has 0 aliphatic carbocycles. The molecule has 0 aliphatic rings. The zero-order valence-electron chi connectivity index (χ0n) is 21.4. The number of rotatable bonds is 8. The quantitative estimate of drug-likeness (QED) is 0.265. The standard InChI is InChI=1S/C28H30N4O4S2/c1-19(2)17-29-28(34)32(37)24-9-6-8-21(15-24)18-31-14-13-22-16-23(11-12-25(22)31)27(33)30-38(35,36)26-10-5-4-7-20(26)3/h4-16,19,37H,17-18H2,1-3H3,(H,29,34)(H,30,33). The van der Waals surface area contributed by atoms with Crippen LogP contribution in [0.1, 0.15) is 35.3 Å². The Kier molecular flexibility index (Phi) is 8.13. The molecule has 3 amide bonds. The highest BCUT2D eigenvalue weighted by Gasteiger charge is 2.21. The fourth-order valence-electron chi connectivity index (χ4n) is 4.04. The lowest BCUT2D eigenvalue weighted by Gasteiger charge is -2.18. The van der Waals surface area contributed by atoms with Crippen molar-refractivity contribution >= 4 is 51.4 Å². The molecule has 2 N–H and O–H groups in total. The van der Waals surface area contributed by atoms with E-state index in [2.05, 4.69) is 22.9 Å². The average Bonchev–Trinajstić information content (AvgIpc) is 3.28. The number of carbonyl (C=O) groups is 2. The zero-order valence-corrected chi connectivity index (χ0v) is 23.1. The summed E-state index contributed by atoms with van der Waals surface area (Å²) >= 11 is 4.36. The van der Waals surface area contributed by atoms with Gasteiger partial charge in [-0.05, 0) is 66.4 Å². The second kappa shape index (κ2) is 11.3. The number of urea groups is 1.